The van der Waals surface area contributed by atoms with Crippen LogP contribution >= 0.6 is 11.8 Å². The van der Waals surface area contributed by atoms with Gasteiger partial charge in [0.1, 0.15) is 0 Å². The van der Waals surface area contributed by atoms with Crippen molar-refractivity contribution in [2.24, 2.45) is 5.73 Å². The van der Waals surface area contributed by atoms with E-state index in [-0.39, 0.29) is 11.9 Å². The van der Waals surface area contributed by atoms with Gasteiger partial charge < -0.3 is 11.1 Å². The fraction of sp³-hybridized carbons (Fsp3) is 0.923. The standard InChI is InChI=1S/C13H26N2OS/c1-3-7-10(14)13(16)15-11-8-5-6-9-12(11)17-4-2/h10-12H,3-9,14H2,1-2H3,(H,15,16). The molecular formula is C13H26N2OS. The highest BCUT2D eigenvalue weighted by Gasteiger charge is 2.27. The first-order chi connectivity index (χ1) is 8.19. The van der Waals surface area contributed by atoms with Gasteiger partial charge in [0.25, 0.3) is 0 Å². The lowest BCUT2D eigenvalue weighted by molar-refractivity contribution is -0.123. The first-order valence-electron chi connectivity index (χ1n) is 6.86. The molecule has 3 nitrogen and oxygen atoms in total. The van der Waals surface area contributed by atoms with Crippen molar-refractivity contribution in [1.29, 1.82) is 0 Å². The van der Waals surface area contributed by atoms with E-state index in [1.165, 1.54) is 19.3 Å². The molecule has 1 saturated carbocycles. The molecule has 1 fully saturated rings. The van der Waals surface area contributed by atoms with Crippen LogP contribution in [0.4, 0.5) is 0 Å². The lowest BCUT2D eigenvalue weighted by atomic mass is 9.94. The van der Waals surface area contributed by atoms with Gasteiger partial charge >= 0.3 is 0 Å². The monoisotopic (exact) mass is 258 g/mol. The highest BCUT2D eigenvalue weighted by atomic mass is 32.2. The van der Waals surface area contributed by atoms with Crippen LogP contribution in [0.5, 0.6) is 0 Å². The second kappa shape index (κ2) is 7.98. The Labute approximate surface area is 109 Å². The molecule has 0 spiro atoms. The number of nitrogens with one attached hydrogen (secondary N) is 1. The van der Waals surface area contributed by atoms with E-state index in [9.17, 15) is 4.79 Å². The third kappa shape index (κ3) is 4.88. The van der Waals surface area contributed by atoms with E-state index >= 15 is 0 Å². The summed E-state index contributed by atoms with van der Waals surface area (Å²) in [6, 6.07) is 0.0123. The van der Waals surface area contributed by atoms with Gasteiger partial charge in [0.15, 0.2) is 0 Å². The van der Waals surface area contributed by atoms with Gasteiger partial charge in [0.2, 0.25) is 5.91 Å². The molecule has 0 aromatic carbocycles. The first kappa shape index (κ1) is 14.8. The van der Waals surface area contributed by atoms with Crippen molar-refractivity contribution in [3.63, 3.8) is 0 Å². The van der Waals surface area contributed by atoms with Crippen molar-refractivity contribution in [3.8, 4) is 0 Å². The Hall–Kier alpha value is -0.220. The van der Waals surface area contributed by atoms with Crippen LogP contribution < -0.4 is 11.1 Å². The van der Waals surface area contributed by atoms with Crippen molar-refractivity contribution in [2.75, 3.05) is 5.75 Å². The number of nitrogens with two attached hydrogens (primary N) is 1. The van der Waals surface area contributed by atoms with Gasteiger partial charge in [0.05, 0.1) is 6.04 Å². The fourth-order valence-corrected chi connectivity index (χ4v) is 3.61. The maximum absolute atomic E-state index is 11.9. The summed E-state index contributed by atoms with van der Waals surface area (Å²) in [5, 5.41) is 3.74. The average molecular weight is 258 g/mol. The number of amides is 1. The van der Waals surface area contributed by atoms with Crippen molar-refractivity contribution in [2.45, 2.75) is 69.7 Å². The summed E-state index contributed by atoms with van der Waals surface area (Å²) in [5.74, 6) is 1.17. The Bertz CT molecular complexity index is 233. The highest BCUT2D eigenvalue weighted by molar-refractivity contribution is 7.99. The minimum Gasteiger partial charge on any atom is -0.351 e. The van der Waals surface area contributed by atoms with Gasteiger partial charge in [-0.3, -0.25) is 4.79 Å². The van der Waals surface area contributed by atoms with Gasteiger partial charge in [-0.05, 0) is 25.0 Å². The summed E-state index contributed by atoms with van der Waals surface area (Å²) in [7, 11) is 0. The number of carbonyl (C=O) groups is 1. The molecule has 0 radical (unpaired) electrons. The van der Waals surface area contributed by atoms with Crippen LogP contribution in [-0.2, 0) is 4.79 Å². The average Bonchev–Trinajstić information content (AvgIpc) is 2.32. The van der Waals surface area contributed by atoms with Gasteiger partial charge in [-0.2, -0.15) is 11.8 Å². The minimum absolute atomic E-state index is 0.0421. The molecule has 4 heteroatoms. The molecule has 3 atom stereocenters. The van der Waals surface area contributed by atoms with Crippen LogP contribution in [0.3, 0.4) is 0 Å². The number of hydrogen-bond acceptors (Lipinski definition) is 3. The molecule has 0 aromatic heterocycles. The molecule has 3 unspecified atom stereocenters. The minimum atomic E-state index is -0.325. The smallest absolute Gasteiger partial charge is 0.237 e. The van der Waals surface area contributed by atoms with Crippen molar-refractivity contribution in [3.05, 3.63) is 0 Å². The molecule has 1 rings (SSSR count). The lowest BCUT2D eigenvalue weighted by Gasteiger charge is -2.32. The topological polar surface area (TPSA) is 55.1 Å². The van der Waals surface area contributed by atoms with Gasteiger partial charge in [-0.1, -0.05) is 33.1 Å². The van der Waals surface area contributed by atoms with E-state index < -0.39 is 0 Å². The molecule has 0 saturated heterocycles. The summed E-state index contributed by atoms with van der Waals surface area (Å²) in [4.78, 5) is 11.9. The zero-order valence-corrected chi connectivity index (χ0v) is 11.9. The Morgan fingerprint density at radius 2 is 2.12 bits per heavy atom. The Kier molecular flexibility index (Phi) is 6.97. The third-order valence-electron chi connectivity index (χ3n) is 3.35. The quantitative estimate of drug-likeness (QED) is 0.768. The molecule has 1 aliphatic rings. The largest absolute Gasteiger partial charge is 0.351 e. The zero-order chi connectivity index (χ0) is 12.7. The third-order valence-corrected chi connectivity index (χ3v) is 4.67. The molecule has 0 aliphatic heterocycles. The summed E-state index contributed by atoms with van der Waals surface area (Å²) in [6.45, 7) is 4.24. The predicted molar refractivity (Wildman–Crippen MR) is 75.2 cm³/mol. The summed E-state index contributed by atoms with van der Waals surface area (Å²) >= 11 is 1.97. The molecular weight excluding hydrogens is 232 g/mol. The molecule has 17 heavy (non-hydrogen) atoms. The van der Waals surface area contributed by atoms with Gasteiger partial charge in [-0.25, -0.2) is 0 Å². The number of thioether (sulfide) groups is 1. The maximum atomic E-state index is 11.9. The van der Waals surface area contributed by atoms with E-state index in [4.69, 9.17) is 5.73 Å². The van der Waals surface area contributed by atoms with Crippen LogP contribution in [0, 0.1) is 0 Å². The van der Waals surface area contributed by atoms with E-state index in [0.717, 1.165) is 25.0 Å². The molecule has 0 aromatic rings. The Morgan fingerprint density at radius 3 is 2.76 bits per heavy atom. The van der Waals surface area contributed by atoms with Crippen LogP contribution in [0.1, 0.15) is 52.4 Å². The number of rotatable bonds is 6. The molecule has 100 valence electrons. The van der Waals surface area contributed by atoms with Crippen molar-refractivity contribution in [1.82, 2.24) is 5.32 Å². The second-order valence-electron chi connectivity index (χ2n) is 4.79. The Balaban J connectivity index is 2.43. The predicted octanol–water partition coefficient (Wildman–Crippen LogP) is 2.29. The van der Waals surface area contributed by atoms with Gasteiger partial charge in [0, 0.05) is 11.3 Å². The SMILES string of the molecule is CCCC(N)C(=O)NC1CCCCC1SCC. The van der Waals surface area contributed by atoms with Crippen LogP contribution in [0.25, 0.3) is 0 Å². The maximum Gasteiger partial charge on any atom is 0.237 e. The summed E-state index contributed by atoms with van der Waals surface area (Å²) < 4.78 is 0. The lowest BCUT2D eigenvalue weighted by Crippen LogP contribution is -2.50. The van der Waals surface area contributed by atoms with Crippen molar-refractivity contribution < 1.29 is 4.79 Å². The fourth-order valence-electron chi connectivity index (χ4n) is 2.41. The second-order valence-corrected chi connectivity index (χ2v) is 6.30. The first-order valence-corrected chi connectivity index (χ1v) is 7.91. The summed E-state index contributed by atoms with van der Waals surface area (Å²) in [5.41, 5.74) is 5.85. The molecule has 3 N–H and O–H groups in total. The highest BCUT2D eigenvalue weighted by Crippen LogP contribution is 2.28. The van der Waals surface area contributed by atoms with Crippen LogP contribution in [-0.4, -0.2) is 29.0 Å². The Morgan fingerprint density at radius 1 is 1.41 bits per heavy atom. The molecule has 0 heterocycles. The normalized spacial score (nSPS) is 26.5. The molecule has 0 bridgehead atoms. The molecule has 1 aliphatic carbocycles. The van der Waals surface area contributed by atoms with Crippen molar-refractivity contribution >= 4 is 17.7 Å². The zero-order valence-electron chi connectivity index (χ0n) is 11.1. The van der Waals surface area contributed by atoms with Gasteiger partial charge in [-0.15, -0.1) is 0 Å². The van der Waals surface area contributed by atoms with E-state index in [0.29, 0.717) is 11.3 Å². The number of hydrogen-bond donors (Lipinski definition) is 2. The molecule has 1 amide bonds. The van der Waals surface area contributed by atoms with E-state index in [1.807, 2.05) is 11.8 Å². The number of carbonyl (C=O) groups excluding carboxylic acids is 1. The van der Waals surface area contributed by atoms with E-state index in [2.05, 4.69) is 19.2 Å². The van der Waals surface area contributed by atoms with E-state index in [1.54, 1.807) is 0 Å². The van der Waals surface area contributed by atoms with Crippen LogP contribution in [0.2, 0.25) is 0 Å². The van der Waals surface area contributed by atoms with Crippen LogP contribution in [0.15, 0.2) is 0 Å². The summed E-state index contributed by atoms with van der Waals surface area (Å²) in [6.07, 6.45) is 6.62.